The van der Waals surface area contributed by atoms with Gasteiger partial charge in [-0.05, 0) is 18.6 Å². The number of benzene rings is 1. The molecule has 3 rings (SSSR count). The lowest BCUT2D eigenvalue weighted by molar-refractivity contribution is 0.171. The lowest BCUT2D eigenvalue weighted by Crippen LogP contribution is -2.19. The van der Waals surface area contributed by atoms with Gasteiger partial charge in [-0.1, -0.05) is 11.6 Å². The van der Waals surface area contributed by atoms with Gasteiger partial charge in [0.05, 0.1) is 10.7 Å². The Morgan fingerprint density at radius 3 is 2.72 bits per heavy atom. The molecule has 1 aromatic rings. The van der Waals surface area contributed by atoms with Gasteiger partial charge < -0.3 is 15.2 Å². The van der Waals surface area contributed by atoms with Crippen molar-refractivity contribution in [1.82, 2.24) is 0 Å². The lowest BCUT2D eigenvalue weighted by Gasteiger charge is -2.20. The predicted octanol–water partition coefficient (Wildman–Crippen LogP) is 1.97. The summed E-state index contributed by atoms with van der Waals surface area (Å²) in [7, 11) is 0. The third-order valence-corrected chi connectivity index (χ3v) is 3.13. The standard InChI is InChI=1S/C12H12ClN3O2/c13-8-5-7(9-1-2-11(14)16-15-9)6-10-12(8)18-4-3-17-10/h5-6H,1-4H2,(H2,14,16). The van der Waals surface area contributed by atoms with Crippen LogP contribution in [0, 0.1) is 0 Å². The fraction of sp³-hybridized carbons (Fsp3) is 0.333. The zero-order valence-electron chi connectivity index (χ0n) is 9.65. The Hall–Kier alpha value is -1.75. The van der Waals surface area contributed by atoms with Crippen molar-refractivity contribution in [2.75, 3.05) is 13.2 Å². The van der Waals surface area contributed by atoms with Crippen LogP contribution in [0.25, 0.3) is 0 Å². The normalized spacial score (nSPS) is 18.1. The largest absolute Gasteiger partial charge is 0.486 e. The molecule has 0 spiro atoms. The molecule has 0 unspecified atom stereocenters. The smallest absolute Gasteiger partial charge is 0.179 e. The summed E-state index contributed by atoms with van der Waals surface area (Å²) < 4.78 is 11.0. The molecule has 0 atom stereocenters. The van der Waals surface area contributed by atoms with Crippen LogP contribution in [-0.2, 0) is 0 Å². The fourth-order valence-corrected chi connectivity index (χ4v) is 2.22. The van der Waals surface area contributed by atoms with Crippen molar-refractivity contribution < 1.29 is 9.47 Å². The zero-order valence-corrected chi connectivity index (χ0v) is 10.4. The molecule has 94 valence electrons. The predicted molar refractivity (Wildman–Crippen MR) is 69.8 cm³/mol. The number of nitrogens with two attached hydrogens (primary N) is 1. The Labute approximate surface area is 109 Å². The number of amidine groups is 1. The highest BCUT2D eigenvalue weighted by atomic mass is 35.5. The van der Waals surface area contributed by atoms with Gasteiger partial charge in [-0.2, -0.15) is 5.10 Å². The summed E-state index contributed by atoms with van der Waals surface area (Å²) >= 11 is 6.17. The second kappa shape index (κ2) is 4.49. The van der Waals surface area contributed by atoms with Crippen molar-refractivity contribution in [3.8, 4) is 11.5 Å². The first kappa shape index (κ1) is 11.3. The van der Waals surface area contributed by atoms with Gasteiger partial charge in [0.1, 0.15) is 19.0 Å². The first-order chi connectivity index (χ1) is 8.74. The van der Waals surface area contributed by atoms with E-state index in [-0.39, 0.29) is 0 Å². The number of ether oxygens (including phenoxy) is 2. The summed E-state index contributed by atoms with van der Waals surface area (Å²) in [6.07, 6.45) is 1.47. The molecular weight excluding hydrogens is 254 g/mol. The molecule has 0 saturated carbocycles. The third kappa shape index (κ3) is 2.01. The molecule has 2 heterocycles. The van der Waals surface area contributed by atoms with E-state index >= 15 is 0 Å². The van der Waals surface area contributed by atoms with Crippen molar-refractivity contribution in [2.45, 2.75) is 12.8 Å². The molecule has 0 aromatic heterocycles. The van der Waals surface area contributed by atoms with Gasteiger partial charge in [0.15, 0.2) is 11.5 Å². The van der Waals surface area contributed by atoms with Gasteiger partial charge in [0, 0.05) is 12.0 Å². The minimum Gasteiger partial charge on any atom is -0.486 e. The van der Waals surface area contributed by atoms with E-state index in [4.69, 9.17) is 26.8 Å². The summed E-state index contributed by atoms with van der Waals surface area (Å²) in [4.78, 5) is 0. The van der Waals surface area contributed by atoms with Crippen LogP contribution >= 0.6 is 11.6 Å². The van der Waals surface area contributed by atoms with E-state index in [0.29, 0.717) is 42.0 Å². The molecule has 0 amide bonds. The second-order valence-electron chi connectivity index (χ2n) is 4.12. The molecule has 1 aromatic carbocycles. The first-order valence-electron chi connectivity index (χ1n) is 5.72. The average Bonchev–Trinajstić information content (AvgIpc) is 2.39. The Morgan fingerprint density at radius 2 is 1.94 bits per heavy atom. The second-order valence-corrected chi connectivity index (χ2v) is 4.53. The highest BCUT2D eigenvalue weighted by Crippen LogP contribution is 2.38. The molecule has 0 radical (unpaired) electrons. The van der Waals surface area contributed by atoms with E-state index in [1.54, 1.807) is 0 Å². The number of nitrogens with zero attached hydrogens (tertiary/aromatic N) is 2. The van der Waals surface area contributed by atoms with Gasteiger partial charge >= 0.3 is 0 Å². The summed E-state index contributed by atoms with van der Waals surface area (Å²) in [5, 5.41) is 8.53. The molecule has 2 aliphatic rings. The van der Waals surface area contributed by atoms with E-state index in [0.717, 1.165) is 17.7 Å². The summed E-state index contributed by atoms with van der Waals surface area (Å²) in [5.74, 6) is 1.82. The maximum Gasteiger partial charge on any atom is 0.179 e. The Kier molecular flexibility index (Phi) is 2.83. The molecule has 0 bridgehead atoms. The highest BCUT2D eigenvalue weighted by Gasteiger charge is 2.19. The molecule has 5 nitrogen and oxygen atoms in total. The quantitative estimate of drug-likeness (QED) is 0.844. The monoisotopic (exact) mass is 265 g/mol. The molecule has 18 heavy (non-hydrogen) atoms. The Morgan fingerprint density at radius 1 is 1.11 bits per heavy atom. The van der Waals surface area contributed by atoms with Crippen LogP contribution in [0.5, 0.6) is 11.5 Å². The van der Waals surface area contributed by atoms with Gasteiger partial charge in [-0.3, -0.25) is 0 Å². The van der Waals surface area contributed by atoms with Crippen LogP contribution in [0.4, 0.5) is 0 Å². The maximum atomic E-state index is 6.17. The minimum absolute atomic E-state index is 0.522. The van der Waals surface area contributed by atoms with Gasteiger partial charge in [0.2, 0.25) is 0 Å². The van der Waals surface area contributed by atoms with Crippen molar-refractivity contribution in [2.24, 2.45) is 15.9 Å². The van der Waals surface area contributed by atoms with Crippen LogP contribution in [0.1, 0.15) is 18.4 Å². The van der Waals surface area contributed by atoms with E-state index in [1.807, 2.05) is 12.1 Å². The Balaban J connectivity index is 2.01. The van der Waals surface area contributed by atoms with Crippen LogP contribution in [0.3, 0.4) is 0 Å². The molecular formula is C12H12ClN3O2. The van der Waals surface area contributed by atoms with Crippen LogP contribution in [-0.4, -0.2) is 24.8 Å². The van der Waals surface area contributed by atoms with E-state index in [1.165, 1.54) is 0 Å². The first-order valence-corrected chi connectivity index (χ1v) is 6.10. The average molecular weight is 266 g/mol. The summed E-state index contributed by atoms with van der Waals surface area (Å²) in [6.45, 7) is 1.05. The van der Waals surface area contributed by atoms with Crippen molar-refractivity contribution in [3.63, 3.8) is 0 Å². The van der Waals surface area contributed by atoms with Crippen LogP contribution in [0.2, 0.25) is 5.02 Å². The topological polar surface area (TPSA) is 69.2 Å². The maximum absolute atomic E-state index is 6.17. The van der Waals surface area contributed by atoms with E-state index < -0.39 is 0 Å². The number of halogens is 1. The van der Waals surface area contributed by atoms with Gasteiger partial charge in [-0.15, -0.1) is 5.10 Å². The highest BCUT2D eigenvalue weighted by molar-refractivity contribution is 6.32. The lowest BCUT2D eigenvalue weighted by atomic mass is 10.0. The van der Waals surface area contributed by atoms with Crippen LogP contribution in [0.15, 0.2) is 22.3 Å². The summed E-state index contributed by atoms with van der Waals surface area (Å²) in [6, 6.07) is 3.71. The molecule has 2 N–H and O–H groups in total. The molecule has 6 heteroatoms. The number of rotatable bonds is 1. The van der Waals surface area contributed by atoms with Gasteiger partial charge in [-0.25, -0.2) is 0 Å². The fourth-order valence-electron chi connectivity index (χ4n) is 1.95. The molecule has 2 aliphatic heterocycles. The zero-order chi connectivity index (χ0) is 12.5. The molecule has 0 saturated heterocycles. The van der Waals surface area contributed by atoms with Crippen LogP contribution < -0.4 is 15.2 Å². The SMILES string of the molecule is NC1=NN=C(c2cc(Cl)c3c(c2)OCCO3)CC1. The number of hydrogen-bond acceptors (Lipinski definition) is 5. The van der Waals surface area contributed by atoms with Crippen molar-refractivity contribution in [1.29, 1.82) is 0 Å². The number of fused-ring (bicyclic) bond motifs is 1. The number of hydrogen-bond donors (Lipinski definition) is 1. The molecule has 0 aliphatic carbocycles. The van der Waals surface area contributed by atoms with E-state index in [2.05, 4.69) is 10.2 Å². The summed E-state index contributed by atoms with van der Waals surface area (Å²) in [5.41, 5.74) is 7.36. The van der Waals surface area contributed by atoms with E-state index in [9.17, 15) is 0 Å². The third-order valence-electron chi connectivity index (χ3n) is 2.85. The Bertz CT molecular complexity index is 554. The van der Waals surface area contributed by atoms with Crippen molar-refractivity contribution >= 4 is 23.1 Å². The van der Waals surface area contributed by atoms with Crippen molar-refractivity contribution in [3.05, 3.63) is 22.7 Å². The van der Waals surface area contributed by atoms with Gasteiger partial charge in [0.25, 0.3) is 0 Å². The minimum atomic E-state index is 0.522. The molecule has 0 fully saturated rings.